The summed E-state index contributed by atoms with van der Waals surface area (Å²) in [4.78, 5) is 39.5. The van der Waals surface area contributed by atoms with Gasteiger partial charge in [-0.3, -0.25) is 14.5 Å². The van der Waals surface area contributed by atoms with Crippen molar-refractivity contribution in [3.05, 3.63) is 60.8 Å². The first-order chi connectivity index (χ1) is 18.5. The molecule has 38 heavy (non-hydrogen) atoms. The van der Waals surface area contributed by atoms with Gasteiger partial charge in [0.25, 0.3) is 0 Å². The van der Waals surface area contributed by atoms with Gasteiger partial charge in [0.05, 0.1) is 12.2 Å². The summed E-state index contributed by atoms with van der Waals surface area (Å²) in [6.07, 6.45) is 1.73. The molecule has 2 aromatic carbocycles. The van der Waals surface area contributed by atoms with Gasteiger partial charge in [0, 0.05) is 88.1 Å². The highest BCUT2D eigenvalue weighted by atomic mass is 16.2. The summed E-state index contributed by atoms with van der Waals surface area (Å²) in [7, 11) is 0. The zero-order chi connectivity index (χ0) is 26.3. The Bertz CT molecular complexity index is 1230. The Morgan fingerprint density at radius 2 is 1.55 bits per heavy atom. The first-order valence-electron chi connectivity index (χ1n) is 13.1. The van der Waals surface area contributed by atoms with Crippen LogP contribution in [-0.4, -0.2) is 90.5 Å². The van der Waals surface area contributed by atoms with E-state index in [0.29, 0.717) is 12.5 Å². The Morgan fingerprint density at radius 3 is 2.24 bits per heavy atom. The standard InChI is InChI=1S/C28H34N8O2/c1-21(37)31-23-4-2-22(3-5-23)26-10-11-30-28(33-26)32-24-6-8-25(9-7-24)35-16-18-36(19-17-35)27(38)20-34-14-12-29-13-15-34/h2-11,29H,12-20H2,1H3,(H,31,37)(H,30,32,33). The van der Waals surface area contributed by atoms with Crippen LogP contribution in [-0.2, 0) is 9.59 Å². The van der Waals surface area contributed by atoms with Crippen molar-refractivity contribution < 1.29 is 9.59 Å². The number of rotatable bonds is 7. The number of nitrogens with one attached hydrogen (secondary N) is 3. The van der Waals surface area contributed by atoms with E-state index in [4.69, 9.17) is 0 Å². The van der Waals surface area contributed by atoms with Crippen LogP contribution in [0, 0.1) is 0 Å². The molecule has 10 heteroatoms. The highest BCUT2D eigenvalue weighted by Gasteiger charge is 2.23. The molecular formula is C28H34N8O2. The Labute approximate surface area is 223 Å². The lowest BCUT2D eigenvalue weighted by atomic mass is 10.1. The van der Waals surface area contributed by atoms with Crippen LogP contribution >= 0.6 is 0 Å². The molecule has 5 rings (SSSR count). The van der Waals surface area contributed by atoms with E-state index in [1.807, 2.05) is 47.4 Å². The molecule has 1 aromatic heterocycles. The van der Waals surface area contributed by atoms with Crippen LogP contribution in [0.15, 0.2) is 60.8 Å². The third-order valence-electron chi connectivity index (χ3n) is 6.85. The van der Waals surface area contributed by atoms with Gasteiger partial charge in [-0.15, -0.1) is 0 Å². The third kappa shape index (κ3) is 6.64. The number of anilines is 4. The Morgan fingerprint density at radius 1 is 0.868 bits per heavy atom. The molecule has 2 fully saturated rings. The number of piperazine rings is 2. The molecule has 198 valence electrons. The number of amides is 2. The van der Waals surface area contributed by atoms with E-state index >= 15 is 0 Å². The number of hydrogen-bond donors (Lipinski definition) is 3. The van der Waals surface area contributed by atoms with Crippen molar-refractivity contribution in [2.45, 2.75) is 6.92 Å². The predicted octanol–water partition coefficient (Wildman–Crippen LogP) is 2.40. The maximum atomic E-state index is 12.7. The van der Waals surface area contributed by atoms with Gasteiger partial charge in [0.15, 0.2) is 0 Å². The van der Waals surface area contributed by atoms with Gasteiger partial charge in [-0.25, -0.2) is 9.97 Å². The molecule has 0 atom stereocenters. The fourth-order valence-corrected chi connectivity index (χ4v) is 4.77. The molecule has 3 aromatic rings. The van der Waals surface area contributed by atoms with Crippen molar-refractivity contribution in [2.75, 3.05) is 74.4 Å². The Balaban J connectivity index is 1.14. The molecule has 0 radical (unpaired) electrons. The molecule has 0 unspecified atom stereocenters. The Hall–Kier alpha value is -4.02. The quantitative estimate of drug-likeness (QED) is 0.442. The SMILES string of the molecule is CC(=O)Nc1ccc(-c2ccnc(Nc3ccc(N4CCN(C(=O)CN5CCNCC5)CC4)cc3)n2)cc1. The highest BCUT2D eigenvalue weighted by molar-refractivity contribution is 5.89. The van der Waals surface area contributed by atoms with Crippen LogP contribution < -0.4 is 20.9 Å². The lowest BCUT2D eigenvalue weighted by molar-refractivity contribution is -0.132. The first kappa shape index (κ1) is 25.6. The van der Waals surface area contributed by atoms with Gasteiger partial charge in [-0.2, -0.15) is 0 Å². The maximum absolute atomic E-state index is 12.7. The van der Waals surface area contributed by atoms with E-state index in [1.54, 1.807) is 6.20 Å². The summed E-state index contributed by atoms with van der Waals surface area (Å²) in [5.74, 6) is 0.644. The lowest BCUT2D eigenvalue weighted by Gasteiger charge is -2.37. The molecule has 2 aliphatic heterocycles. The van der Waals surface area contributed by atoms with Crippen LogP contribution in [0.2, 0.25) is 0 Å². The highest BCUT2D eigenvalue weighted by Crippen LogP contribution is 2.24. The number of nitrogens with zero attached hydrogens (tertiary/aromatic N) is 5. The van der Waals surface area contributed by atoms with Crippen molar-refractivity contribution in [3.63, 3.8) is 0 Å². The molecule has 0 spiro atoms. The second-order valence-corrected chi connectivity index (χ2v) is 9.59. The average Bonchev–Trinajstić information content (AvgIpc) is 2.94. The molecule has 0 bridgehead atoms. The van der Waals surface area contributed by atoms with Crippen LogP contribution in [0.3, 0.4) is 0 Å². The van der Waals surface area contributed by atoms with Gasteiger partial charge in [0.2, 0.25) is 17.8 Å². The van der Waals surface area contributed by atoms with Crippen molar-refractivity contribution in [1.82, 2.24) is 25.1 Å². The summed E-state index contributed by atoms with van der Waals surface area (Å²) in [5.41, 5.74) is 4.51. The normalized spacial score (nSPS) is 16.2. The molecule has 3 heterocycles. The Kier molecular flexibility index (Phi) is 8.10. The zero-order valence-electron chi connectivity index (χ0n) is 21.7. The fourth-order valence-electron chi connectivity index (χ4n) is 4.77. The van der Waals surface area contributed by atoms with Crippen LogP contribution in [0.1, 0.15) is 6.92 Å². The number of aromatic nitrogens is 2. The molecule has 0 saturated carbocycles. The van der Waals surface area contributed by atoms with E-state index in [2.05, 4.69) is 47.9 Å². The van der Waals surface area contributed by atoms with E-state index < -0.39 is 0 Å². The molecule has 3 N–H and O–H groups in total. The second-order valence-electron chi connectivity index (χ2n) is 9.59. The number of carbonyl (C=O) groups is 2. The monoisotopic (exact) mass is 514 g/mol. The maximum Gasteiger partial charge on any atom is 0.236 e. The van der Waals surface area contributed by atoms with Gasteiger partial charge in [0.1, 0.15) is 0 Å². The first-order valence-corrected chi connectivity index (χ1v) is 13.1. The molecule has 2 aliphatic rings. The molecular weight excluding hydrogens is 480 g/mol. The van der Waals surface area contributed by atoms with Gasteiger partial charge in [-0.1, -0.05) is 12.1 Å². The fraction of sp³-hybridized carbons (Fsp3) is 0.357. The van der Waals surface area contributed by atoms with Crippen LogP contribution in [0.4, 0.5) is 23.0 Å². The second kappa shape index (κ2) is 12.0. The van der Waals surface area contributed by atoms with Crippen molar-refractivity contribution in [3.8, 4) is 11.3 Å². The van der Waals surface area contributed by atoms with E-state index in [1.165, 1.54) is 6.92 Å². The molecule has 2 saturated heterocycles. The summed E-state index contributed by atoms with van der Waals surface area (Å²) < 4.78 is 0. The van der Waals surface area contributed by atoms with Gasteiger partial charge < -0.3 is 25.8 Å². The molecule has 0 aliphatic carbocycles. The molecule has 10 nitrogen and oxygen atoms in total. The minimum atomic E-state index is -0.101. The summed E-state index contributed by atoms with van der Waals surface area (Å²) in [5, 5.41) is 9.38. The van der Waals surface area contributed by atoms with E-state index in [-0.39, 0.29) is 11.8 Å². The number of carbonyl (C=O) groups excluding carboxylic acids is 2. The largest absolute Gasteiger partial charge is 0.368 e. The predicted molar refractivity (Wildman–Crippen MR) is 150 cm³/mol. The van der Waals surface area contributed by atoms with E-state index in [0.717, 1.165) is 80.7 Å². The number of hydrogen-bond acceptors (Lipinski definition) is 8. The lowest BCUT2D eigenvalue weighted by Crippen LogP contribution is -2.53. The topological polar surface area (TPSA) is 106 Å². The van der Waals surface area contributed by atoms with Crippen molar-refractivity contribution in [1.29, 1.82) is 0 Å². The average molecular weight is 515 g/mol. The van der Waals surface area contributed by atoms with Gasteiger partial charge >= 0.3 is 0 Å². The van der Waals surface area contributed by atoms with Gasteiger partial charge in [-0.05, 0) is 42.5 Å². The van der Waals surface area contributed by atoms with Crippen LogP contribution in [0.25, 0.3) is 11.3 Å². The van der Waals surface area contributed by atoms with Crippen molar-refractivity contribution >= 4 is 34.8 Å². The minimum absolute atomic E-state index is 0.101. The van der Waals surface area contributed by atoms with E-state index in [9.17, 15) is 9.59 Å². The molecule has 2 amide bonds. The summed E-state index contributed by atoms with van der Waals surface area (Å²) >= 11 is 0. The smallest absolute Gasteiger partial charge is 0.236 e. The number of benzene rings is 2. The van der Waals surface area contributed by atoms with Crippen LogP contribution in [0.5, 0.6) is 0 Å². The summed E-state index contributed by atoms with van der Waals surface area (Å²) in [6, 6.07) is 17.6. The zero-order valence-corrected chi connectivity index (χ0v) is 21.7. The van der Waals surface area contributed by atoms with Crippen molar-refractivity contribution in [2.24, 2.45) is 0 Å². The summed E-state index contributed by atoms with van der Waals surface area (Å²) in [6.45, 7) is 8.95. The minimum Gasteiger partial charge on any atom is -0.368 e. The third-order valence-corrected chi connectivity index (χ3v) is 6.85.